The highest BCUT2D eigenvalue weighted by Crippen LogP contribution is 2.21. The molecule has 0 atom stereocenters. The van der Waals surface area contributed by atoms with Crippen LogP contribution in [0.25, 0.3) is 0 Å². The highest BCUT2D eigenvalue weighted by molar-refractivity contribution is 5.97. The van der Waals surface area contributed by atoms with Gasteiger partial charge in [-0.15, -0.1) is 0 Å². The minimum atomic E-state index is -0.333. The largest absolute Gasteiger partial charge is 0.506 e. The Labute approximate surface area is 118 Å². The number of nitrogens with two attached hydrogens (primary N) is 1. The summed E-state index contributed by atoms with van der Waals surface area (Å²) in [6, 6.07) is 4.29. The summed E-state index contributed by atoms with van der Waals surface area (Å²) < 4.78 is 0. The van der Waals surface area contributed by atoms with E-state index in [0.29, 0.717) is 18.7 Å². The number of aromatic hydroxyl groups is 1. The number of carbonyl (C=O) groups excluding carboxylic acids is 2. The lowest BCUT2D eigenvalue weighted by molar-refractivity contribution is -0.131. The smallest absolute Gasteiger partial charge is 0.254 e. The molecule has 110 valence electrons. The topological polar surface area (TPSA) is 86.9 Å². The minimum absolute atomic E-state index is 0.00561. The molecule has 20 heavy (non-hydrogen) atoms. The van der Waals surface area contributed by atoms with Crippen LogP contribution in [0.5, 0.6) is 5.75 Å². The summed E-state index contributed by atoms with van der Waals surface area (Å²) in [6.45, 7) is 5.01. The zero-order valence-corrected chi connectivity index (χ0v) is 12.1. The predicted molar refractivity (Wildman–Crippen MR) is 77.4 cm³/mol. The molecule has 6 heteroatoms. The van der Waals surface area contributed by atoms with Gasteiger partial charge in [-0.3, -0.25) is 9.59 Å². The molecule has 1 aromatic rings. The molecule has 2 amide bonds. The van der Waals surface area contributed by atoms with Crippen LogP contribution in [0.15, 0.2) is 18.2 Å². The summed E-state index contributed by atoms with van der Waals surface area (Å²) in [5.41, 5.74) is 6.00. The third kappa shape index (κ3) is 3.63. The molecular formula is C14H21N3O3. The van der Waals surface area contributed by atoms with E-state index >= 15 is 0 Å². The standard InChI is InChI=1S/C14H21N3O3/c1-4-17(5-2)13(19)9-16(3)14(20)10-6-7-11(15)12(18)8-10/h6-8,18H,4-5,9,15H2,1-3H3. The number of amides is 2. The molecule has 0 spiro atoms. The molecule has 0 radical (unpaired) electrons. The molecule has 0 saturated carbocycles. The number of nitrogen functional groups attached to an aromatic ring is 1. The first-order chi connectivity index (χ1) is 9.40. The molecule has 6 nitrogen and oxygen atoms in total. The fourth-order valence-corrected chi connectivity index (χ4v) is 1.85. The Balaban J connectivity index is 2.76. The second-order valence-electron chi connectivity index (χ2n) is 4.50. The van der Waals surface area contributed by atoms with Crippen molar-refractivity contribution >= 4 is 17.5 Å². The molecule has 0 saturated heterocycles. The van der Waals surface area contributed by atoms with E-state index in [-0.39, 0.29) is 29.8 Å². The van der Waals surface area contributed by atoms with Gasteiger partial charge in [0.15, 0.2) is 0 Å². The highest BCUT2D eigenvalue weighted by atomic mass is 16.3. The van der Waals surface area contributed by atoms with Gasteiger partial charge < -0.3 is 20.6 Å². The van der Waals surface area contributed by atoms with Gasteiger partial charge in [-0.05, 0) is 32.0 Å². The van der Waals surface area contributed by atoms with E-state index in [1.807, 2.05) is 13.8 Å². The summed E-state index contributed by atoms with van der Waals surface area (Å²) in [6.07, 6.45) is 0. The van der Waals surface area contributed by atoms with E-state index in [2.05, 4.69) is 0 Å². The Hall–Kier alpha value is -2.24. The third-order valence-electron chi connectivity index (χ3n) is 3.11. The third-order valence-corrected chi connectivity index (χ3v) is 3.11. The van der Waals surface area contributed by atoms with Crippen molar-refractivity contribution in [2.45, 2.75) is 13.8 Å². The zero-order chi connectivity index (χ0) is 15.3. The SMILES string of the molecule is CCN(CC)C(=O)CN(C)C(=O)c1ccc(N)c(O)c1. The number of anilines is 1. The summed E-state index contributed by atoms with van der Waals surface area (Å²) >= 11 is 0. The van der Waals surface area contributed by atoms with E-state index in [1.165, 1.54) is 23.1 Å². The summed E-state index contributed by atoms with van der Waals surface area (Å²) in [5, 5.41) is 9.51. The normalized spacial score (nSPS) is 10.2. The maximum absolute atomic E-state index is 12.1. The van der Waals surface area contributed by atoms with E-state index in [9.17, 15) is 14.7 Å². The maximum Gasteiger partial charge on any atom is 0.254 e. The second-order valence-corrected chi connectivity index (χ2v) is 4.50. The predicted octanol–water partition coefficient (Wildman–Crippen LogP) is 0.915. The summed E-state index contributed by atoms with van der Waals surface area (Å²) in [5.74, 6) is -0.578. The average Bonchev–Trinajstić information content (AvgIpc) is 2.42. The Morgan fingerprint density at radius 3 is 2.35 bits per heavy atom. The van der Waals surface area contributed by atoms with Crippen LogP contribution in [0.4, 0.5) is 5.69 Å². The Kier molecular flexibility index (Phi) is 5.37. The lowest BCUT2D eigenvalue weighted by Crippen LogP contribution is -2.41. The first-order valence-corrected chi connectivity index (χ1v) is 6.52. The van der Waals surface area contributed by atoms with Crippen LogP contribution in [-0.4, -0.2) is 53.4 Å². The quantitative estimate of drug-likeness (QED) is 0.619. The number of hydrogen-bond acceptors (Lipinski definition) is 4. The van der Waals surface area contributed by atoms with Gasteiger partial charge in [-0.1, -0.05) is 0 Å². The molecule has 3 N–H and O–H groups in total. The van der Waals surface area contributed by atoms with Crippen molar-refractivity contribution in [1.29, 1.82) is 0 Å². The van der Waals surface area contributed by atoms with Gasteiger partial charge in [-0.2, -0.15) is 0 Å². The fraction of sp³-hybridized carbons (Fsp3) is 0.429. The molecule has 0 aliphatic rings. The number of likely N-dealkylation sites (N-methyl/N-ethyl adjacent to an activating group) is 2. The van der Waals surface area contributed by atoms with Crippen LogP contribution < -0.4 is 5.73 Å². The van der Waals surface area contributed by atoms with Crippen molar-refractivity contribution in [3.8, 4) is 5.75 Å². The van der Waals surface area contributed by atoms with Crippen LogP contribution in [0.1, 0.15) is 24.2 Å². The summed E-state index contributed by atoms with van der Waals surface area (Å²) in [7, 11) is 1.55. The van der Waals surface area contributed by atoms with Crippen molar-refractivity contribution in [3.05, 3.63) is 23.8 Å². The Morgan fingerprint density at radius 2 is 1.85 bits per heavy atom. The average molecular weight is 279 g/mol. The maximum atomic E-state index is 12.1. The number of nitrogens with zero attached hydrogens (tertiary/aromatic N) is 2. The van der Waals surface area contributed by atoms with Gasteiger partial charge in [0.25, 0.3) is 5.91 Å². The first-order valence-electron chi connectivity index (χ1n) is 6.52. The van der Waals surface area contributed by atoms with Crippen molar-refractivity contribution in [3.63, 3.8) is 0 Å². The number of carbonyl (C=O) groups is 2. The van der Waals surface area contributed by atoms with Gasteiger partial charge in [-0.25, -0.2) is 0 Å². The van der Waals surface area contributed by atoms with Gasteiger partial charge >= 0.3 is 0 Å². The Bertz CT molecular complexity index is 498. The molecule has 0 aliphatic heterocycles. The van der Waals surface area contributed by atoms with Crippen LogP contribution >= 0.6 is 0 Å². The number of phenolic OH excluding ortho intramolecular Hbond substituents is 1. The molecule has 1 rings (SSSR count). The van der Waals surface area contributed by atoms with Crippen LogP contribution in [0, 0.1) is 0 Å². The van der Waals surface area contributed by atoms with Crippen molar-refractivity contribution in [2.24, 2.45) is 0 Å². The van der Waals surface area contributed by atoms with Crippen LogP contribution in [0.3, 0.4) is 0 Å². The Morgan fingerprint density at radius 1 is 1.25 bits per heavy atom. The van der Waals surface area contributed by atoms with Gasteiger partial charge in [0.2, 0.25) is 5.91 Å². The minimum Gasteiger partial charge on any atom is -0.506 e. The van der Waals surface area contributed by atoms with Crippen molar-refractivity contribution in [2.75, 3.05) is 32.4 Å². The molecule has 0 fully saturated rings. The number of rotatable bonds is 5. The van der Waals surface area contributed by atoms with Crippen molar-refractivity contribution < 1.29 is 14.7 Å². The fourth-order valence-electron chi connectivity index (χ4n) is 1.85. The number of hydrogen-bond donors (Lipinski definition) is 2. The first kappa shape index (κ1) is 15.8. The van der Waals surface area contributed by atoms with Crippen LogP contribution in [0.2, 0.25) is 0 Å². The lowest BCUT2D eigenvalue weighted by Gasteiger charge is -2.23. The lowest BCUT2D eigenvalue weighted by atomic mass is 10.1. The number of benzene rings is 1. The molecule has 1 aromatic carbocycles. The van der Waals surface area contributed by atoms with E-state index in [4.69, 9.17) is 5.73 Å². The number of phenols is 1. The van der Waals surface area contributed by atoms with E-state index in [0.717, 1.165) is 0 Å². The van der Waals surface area contributed by atoms with E-state index in [1.54, 1.807) is 11.9 Å². The summed E-state index contributed by atoms with van der Waals surface area (Å²) in [4.78, 5) is 27.1. The zero-order valence-electron chi connectivity index (χ0n) is 12.1. The molecule has 0 aliphatic carbocycles. The highest BCUT2D eigenvalue weighted by Gasteiger charge is 2.18. The molecule has 0 unspecified atom stereocenters. The monoisotopic (exact) mass is 279 g/mol. The molecule has 0 aromatic heterocycles. The molecule has 0 bridgehead atoms. The molecular weight excluding hydrogens is 258 g/mol. The van der Waals surface area contributed by atoms with Gasteiger partial charge in [0.05, 0.1) is 12.2 Å². The van der Waals surface area contributed by atoms with E-state index < -0.39 is 0 Å². The second kappa shape index (κ2) is 6.79. The van der Waals surface area contributed by atoms with Gasteiger partial charge in [0, 0.05) is 25.7 Å². The molecule has 0 heterocycles. The van der Waals surface area contributed by atoms with Crippen molar-refractivity contribution in [1.82, 2.24) is 9.80 Å². The van der Waals surface area contributed by atoms with Gasteiger partial charge in [0.1, 0.15) is 5.75 Å². The van der Waals surface area contributed by atoms with Crippen LogP contribution in [-0.2, 0) is 4.79 Å².